The van der Waals surface area contributed by atoms with Crippen molar-refractivity contribution in [1.29, 1.82) is 0 Å². The minimum atomic E-state index is -7.20. The van der Waals surface area contributed by atoms with E-state index in [1.807, 2.05) is 0 Å². The average molecular weight is 618 g/mol. The Morgan fingerprint density at radius 3 is 0.951 bits per heavy atom. The Bertz CT molecular complexity index is 618. The number of unbranched alkanes of at least 4 members (excludes halogenated alkanes) is 12. The van der Waals surface area contributed by atoms with E-state index in [9.17, 15) is 49.4 Å². The van der Waals surface area contributed by atoms with Gasteiger partial charge in [0, 0.05) is 0 Å². The number of carboxylic acid groups (broad SMARTS) is 1. The Kier molecular flexibility index (Phi) is 21.1. The van der Waals surface area contributed by atoms with Gasteiger partial charge in [0.15, 0.2) is 0 Å². The third kappa shape index (κ3) is 14.7. The molecular weight excluding hydrogens is 565 g/mol. The van der Waals surface area contributed by atoms with Crippen LogP contribution in [0.3, 0.4) is 0 Å². The lowest BCUT2D eigenvalue weighted by atomic mass is 10.0. The molecule has 0 aromatic carbocycles. The summed E-state index contributed by atoms with van der Waals surface area (Å²) >= 11 is 0. The largest absolute Gasteiger partial charge is 0.544 e. The highest BCUT2D eigenvalue weighted by atomic mass is 19.4. The summed E-state index contributed by atoms with van der Waals surface area (Å²) in [6, 6.07) is 0. The molecule has 41 heavy (non-hydrogen) atoms. The van der Waals surface area contributed by atoms with Crippen molar-refractivity contribution >= 4 is 5.97 Å². The second-order valence-electron chi connectivity index (χ2n) is 11.0. The van der Waals surface area contributed by atoms with E-state index in [1.54, 1.807) is 0 Å². The van der Waals surface area contributed by atoms with Crippen LogP contribution in [0.1, 0.15) is 130 Å². The van der Waals surface area contributed by atoms with Crippen molar-refractivity contribution in [3.05, 3.63) is 0 Å². The lowest BCUT2D eigenvalue weighted by molar-refractivity contribution is -0.929. The number of quaternary nitrogens is 1. The number of aliphatic carboxylic acids is 1. The summed E-state index contributed by atoms with van der Waals surface area (Å²) in [6.45, 7) is 15.2. The molecule has 0 unspecified atom stereocenters. The number of hydrogen-bond donors (Lipinski definition) is 0. The van der Waals surface area contributed by atoms with Gasteiger partial charge in [-0.3, -0.25) is 0 Å². The fourth-order valence-electron chi connectivity index (χ4n) is 4.67. The molecule has 0 aliphatic heterocycles. The molecule has 0 N–H and O–H groups in total. The number of carbonyl (C=O) groups is 1. The van der Waals surface area contributed by atoms with Gasteiger partial charge >= 0.3 is 23.9 Å². The van der Waals surface area contributed by atoms with Crippen molar-refractivity contribution in [3.63, 3.8) is 0 Å². The average Bonchev–Trinajstić information content (AvgIpc) is 2.89. The van der Waals surface area contributed by atoms with Crippen LogP contribution < -0.4 is 5.11 Å². The van der Waals surface area contributed by atoms with Gasteiger partial charge < -0.3 is 14.4 Å². The molecule has 0 aliphatic carbocycles. The van der Waals surface area contributed by atoms with Gasteiger partial charge in [-0.2, -0.15) is 39.5 Å². The summed E-state index contributed by atoms with van der Waals surface area (Å²) in [4.78, 5) is 9.40. The van der Waals surface area contributed by atoms with Crippen LogP contribution in [-0.2, 0) is 4.79 Å². The van der Waals surface area contributed by atoms with Gasteiger partial charge in [0.2, 0.25) is 0 Å². The fraction of sp³-hybridized carbons (Fsp3) is 0.966. The number of carbonyl (C=O) groups excluding carboxylic acids is 1. The van der Waals surface area contributed by atoms with Crippen molar-refractivity contribution in [3.8, 4) is 0 Å². The molecule has 248 valence electrons. The normalized spacial score (nSPS) is 13.2. The van der Waals surface area contributed by atoms with Gasteiger partial charge in [-0.1, -0.05) is 79.1 Å². The van der Waals surface area contributed by atoms with Crippen molar-refractivity contribution in [2.24, 2.45) is 0 Å². The van der Waals surface area contributed by atoms with Gasteiger partial charge in [0.25, 0.3) is 0 Å². The number of nitrogens with zero attached hydrogens (tertiary/aromatic N) is 1. The van der Waals surface area contributed by atoms with E-state index in [0.717, 1.165) is 0 Å². The van der Waals surface area contributed by atoms with Crippen LogP contribution in [0.5, 0.6) is 0 Å². The Labute approximate surface area is 240 Å². The fourth-order valence-corrected chi connectivity index (χ4v) is 4.67. The van der Waals surface area contributed by atoms with Crippen molar-refractivity contribution in [2.75, 3.05) is 26.2 Å². The van der Waals surface area contributed by atoms with E-state index >= 15 is 0 Å². The molecule has 12 heteroatoms. The summed E-state index contributed by atoms with van der Waals surface area (Å²) in [5.41, 5.74) is 0. The topological polar surface area (TPSA) is 40.1 Å². The first-order chi connectivity index (χ1) is 18.9. The summed E-state index contributed by atoms with van der Waals surface area (Å²) in [5.74, 6) is -25.1. The predicted octanol–water partition coefficient (Wildman–Crippen LogP) is 9.33. The summed E-state index contributed by atoms with van der Waals surface area (Å²) < 4.78 is 107. The van der Waals surface area contributed by atoms with Gasteiger partial charge in [-0.05, 0) is 51.4 Å². The number of hydrogen-bond acceptors (Lipinski definition) is 2. The lowest BCUT2D eigenvalue weighted by Gasteiger charge is -2.39. The van der Waals surface area contributed by atoms with E-state index in [0.29, 0.717) is 0 Å². The van der Waals surface area contributed by atoms with Gasteiger partial charge in [-0.25, -0.2) is 0 Å². The molecule has 0 aromatic rings. The second kappa shape index (κ2) is 20.7. The zero-order valence-electron chi connectivity index (χ0n) is 25.3. The van der Waals surface area contributed by atoms with Crippen LogP contribution in [0.15, 0.2) is 0 Å². The molecule has 0 bridgehead atoms. The van der Waals surface area contributed by atoms with E-state index in [4.69, 9.17) is 0 Å². The molecule has 3 nitrogen and oxygen atoms in total. The number of alkyl halides is 9. The van der Waals surface area contributed by atoms with E-state index in [2.05, 4.69) is 27.7 Å². The minimum absolute atomic E-state index is 1.36. The van der Waals surface area contributed by atoms with Crippen LogP contribution in [-0.4, -0.2) is 60.6 Å². The number of rotatable bonds is 23. The SMILES string of the molecule is CCCCCC[N+](CCCCCC)(CCCCCC)CCCCCC.O=C([O-])C(F)(F)C(F)(F)C(F)(F)C(F)(F)F. The minimum Gasteiger partial charge on any atom is -0.544 e. The zero-order chi connectivity index (χ0) is 32.2. The predicted molar refractivity (Wildman–Crippen MR) is 142 cm³/mol. The van der Waals surface area contributed by atoms with E-state index < -0.39 is 29.9 Å². The highest BCUT2D eigenvalue weighted by molar-refractivity contribution is 5.74. The van der Waals surface area contributed by atoms with Crippen molar-refractivity contribution in [2.45, 2.75) is 154 Å². The zero-order valence-corrected chi connectivity index (χ0v) is 25.3. The molecule has 0 heterocycles. The van der Waals surface area contributed by atoms with E-state index in [1.165, 1.54) is 133 Å². The molecule has 0 aliphatic rings. The van der Waals surface area contributed by atoms with Crippen LogP contribution in [0.4, 0.5) is 39.5 Å². The highest BCUT2D eigenvalue weighted by Gasteiger charge is 2.82. The number of halogens is 9. The first kappa shape index (κ1) is 41.9. The Morgan fingerprint density at radius 1 is 0.488 bits per heavy atom. The Hall–Kier alpha value is -1.20. The first-order valence-corrected chi connectivity index (χ1v) is 15.2. The van der Waals surface area contributed by atoms with Gasteiger partial charge in [-0.15, -0.1) is 0 Å². The quantitative estimate of drug-likeness (QED) is 0.0651. The van der Waals surface area contributed by atoms with Gasteiger partial charge in [0.1, 0.15) is 5.97 Å². The summed E-state index contributed by atoms with van der Waals surface area (Å²) in [6.07, 6.45) is 15.8. The summed E-state index contributed by atoms with van der Waals surface area (Å²) in [7, 11) is 0. The third-order valence-electron chi connectivity index (χ3n) is 7.35. The smallest absolute Gasteiger partial charge is 0.460 e. The van der Waals surface area contributed by atoms with Crippen LogP contribution in [0.25, 0.3) is 0 Å². The molecule has 0 rings (SSSR count). The first-order valence-electron chi connectivity index (χ1n) is 15.2. The van der Waals surface area contributed by atoms with Crippen LogP contribution >= 0.6 is 0 Å². The second-order valence-corrected chi connectivity index (χ2v) is 11.0. The molecule has 0 spiro atoms. The molecule has 0 radical (unpaired) electrons. The number of carboxylic acids is 1. The summed E-state index contributed by atoms with van der Waals surface area (Å²) in [5, 5.41) is 9.40. The Balaban J connectivity index is 0. The molecule has 0 amide bonds. The van der Waals surface area contributed by atoms with Crippen molar-refractivity contribution < 1.29 is 53.9 Å². The maximum atomic E-state index is 12.1. The van der Waals surface area contributed by atoms with E-state index in [-0.39, 0.29) is 0 Å². The molecule has 0 aromatic heterocycles. The lowest BCUT2D eigenvalue weighted by Crippen LogP contribution is -2.65. The monoisotopic (exact) mass is 617 g/mol. The molecule has 0 fully saturated rings. The van der Waals surface area contributed by atoms with Crippen LogP contribution in [0, 0.1) is 0 Å². The maximum Gasteiger partial charge on any atom is 0.460 e. The van der Waals surface area contributed by atoms with Gasteiger partial charge in [0.05, 0.1) is 26.2 Å². The van der Waals surface area contributed by atoms with Crippen molar-refractivity contribution in [1.82, 2.24) is 0 Å². The Morgan fingerprint density at radius 2 is 0.756 bits per heavy atom. The maximum absolute atomic E-state index is 12.1. The highest BCUT2D eigenvalue weighted by Crippen LogP contribution is 2.52. The molecule has 0 saturated carbocycles. The third-order valence-corrected chi connectivity index (χ3v) is 7.35. The standard InChI is InChI=1S/C24H52N.C5HF9O2/c1-5-9-13-17-21-25(22-18-14-10-6-2,23-19-15-11-7-3)24-20-16-12-8-4;6-2(7,1(15)16)3(8,9)4(10,11)5(12,13)14/h5-24H2,1-4H3;(H,15,16)/q+1;/p-1. The molecule has 0 atom stereocenters. The van der Waals surface area contributed by atoms with Crippen LogP contribution in [0.2, 0.25) is 0 Å². The molecule has 0 saturated heterocycles. The molecular formula is C29H52F9NO2.